The lowest BCUT2D eigenvalue weighted by Crippen LogP contribution is -2.29. The van der Waals surface area contributed by atoms with Crippen molar-refractivity contribution in [2.45, 2.75) is 13.1 Å². The smallest absolute Gasteiger partial charge is 0.416 e. The zero-order valence-electron chi connectivity index (χ0n) is 11.2. The van der Waals surface area contributed by atoms with Gasteiger partial charge in [-0.25, -0.2) is 0 Å². The molecule has 1 aromatic carbocycles. The van der Waals surface area contributed by atoms with Crippen molar-refractivity contribution < 1.29 is 28.0 Å². The van der Waals surface area contributed by atoms with Crippen molar-refractivity contribution in [3.8, 4) is 0 Å². The van der Waals surface area contributed by atoms with Gasteiger partial charge >= 0.3 is 12.1 Å². The number of rotatable bonds is 5. The second-order valence-corrected chi connectivity index (χ2v) is 4.58. The second-order valence-electron chi connectivity index (χ2n) is 4.58. The van der Waals surface area contributed by atoms with Gasteiger partial charge in [0.05, 0.1) is 16.4 Å². The van der Waals surface area contributed by atoms with Crippen molar-refractivity contribution in [3.05, 3.63) is 33.9 Å². The zero-order chi connectivity index (χ0) is 16.4. The number of nitro groups is 1. The first-order valence-corrected chi connectivity index (χ1v) is 5.83. The van der Waals surface area contributed by atoms with Gasteiger partial charge < -0.3 is 10.0 Å². The van der Waals surface area contributed by atoms with Crippen LogP contribution in [-0.2, 0) is 11.0 Å². The third kappa shape index (κ3) is 4.07. The first-order valence-electron chi connectivity index (χ1n) is 5.83. The van der Waals surface area contributed by atoms with Gasteiger partial charge in [0.25, 0.3) is 5.69 Å². The van der Waals surface area contributed by atoms with E-state index in [9.17, 15) is 28.1 Å². The quantitative estimate of drug-likeness (QED) is 0.668. The average molecular weight is 306 g/mol. The van der Waals surface area contributed by atoms with Crippen molar-refractivity contribution in [3.63, 3.8) is 0 Å². The number of carbonyl (C=O) groups is 1. The Morgan fingerprint density at radius 2 is 2.05 bits per heavy atom. The van der Waals surface area contributed by atoms with Gasteiger partial charge in [-0.05, 0) is 12.1 Å². The van der Waals surface area contributed by atoms with Crippen LogP contribution >= 0.6 is 0 Å². The van der Waals surface area contributed by atoms with E-state index in [4.69, 9.17) is 5.11 Å². The Morgan fingerprint density at radius 3 is 2.48 bits per heavy atom. The summed E-state index contributed by atoms with van der Waals surface area (Å²) in [6, 6.07) is 2.14. The highest BCUT2D eigenvalue weighted by Crippen LogP contribution is 2.36. The minimum absolute atomic E-state index is 0.0679. The molecule has 1 N–H and O–H groups in total. The molecule has 0 amide bonds. The Morgan fingerprint density at radius 1 is 1.48 bits per heavy atom. The minimum Gasteiger partial charge on any atom is -0.481 e. The standard InChI is InChI=1S/C12H13F3N2O4/c1-7(11(18)19)6-16(2)9-4-3-8(12(13,14)15)5-10(9)17(20)21/h3-5,7H,6H2,1-2H3,(H,18,19). The molecule has 0 saturated heterocycles. The van der Waals surface area contributed by atoms with E-state index in [1.54, 1.807) is 0 Å². The second kappa shape index (κ2) is 5.98. The number of anilines is 1. The Kier molecular flexibility index (Phi) is 4.77. The zero-order valence-corrected chi connectivity index (χ0v) is 11.2. The molecule has 0 heterocycles. The number of nitro benzene ring substituents is 1. The van der Waals surface area contributed by atoms with E-state index >= 15 is 0 Å². The number of halogens is 3. The Labute approximate surface area is 117 Å². The molecule has 0 aliphatic heterocycles. The van der Waals surface area contributed by atoms with Crippen molar-refractivity contribution in [1.82, 2.24) is 0 Å². The molecule has 9 heteroatoms. The SMILES string of the molecule is CC(CN(C)c1ccc(C(F)(F)F)cc1[N+](=O)[O-])C(=O)O. The van der Waals surface area contributed by atoms with Crippen molar-refractivity contribution in [1.29, 1.82) is 0 Å². The average Bonchev–Trinajstić information content (AvgIpc) is 2.36. The van der Waals surface area contributed by atoms with Gasteiger partial charge in [0.2, 0.25) is 0 Å². The summed E-state index contributed by atoms with van der Waals surface area (Å²) in [6.07, 6.45) is -4.68. The number of carboxylic acid groups (broad SMARTS) is 1. The monoisotopic (exact) mass is 306 g/mol. The van der Waals surface area contributed by atoms with Crippen molar-refractivity contribution in [2.75, 3.05) is 18.5 Å². The van der Waals surface area contributed by atoms with Crippen LogP contribution in [0, 0.1) is 16.0 Å². The van der Waals surface area contributed by atoms with Crippen LogP contribution in [0.15, 0.2) is 18.2 Å². The number of hydrogen-bond acceptors (Lipinski definition) is 4. The van der Waals surface area contributed by atoms with Crippen LogP contribution in [-0.4, -0.2) is 29.6 Å². The topological polar surface area (TPSA) is 83.7 Å². The van der Waals surface area contributed by atoms with E-state index in [0.29, 0.717) is 6.07 Å². The van der Waals surface area contributed by atoms with Gasteiger partial charge in [-0.2, -0.15) is 13.2 Å². The van der Waals surface area contributed by atoms with E-state index in [1.165, 1.54) is 18.9 Å². The van der Waals surface area contributed by atoms with Gasteiger partial charge in [-0.1, -0.05) is 6.92 Å². The van der Waals surface area contributed by atoms with Gasteiger partial charge in [0.15, 0.2) is 0 Å². The number of carboxylic acids is 1. The summed E-state index contributed by atoms with van der Waals surface area (Å²) in [4.78, 5) is 22.0. The molecule has 0 spiro atoms. The van der Waals surface area contributed by atoms with Crippen LogP contribution in [0.3, 0.4) is 0 Å². The van der Waals surface area contributed by atoms with Crippen LogP contribution in [0.1, 0.15) is 12.5 Å². The first-order chi connectivity index (χ1) is 9.54. The maximum Gasteiger partial charge on any atom is 0.416 e. The van der Waals surface area contributed by atoms with Crippen LogP contribution < -0.4 is 4.90 Å². The summed E-state index contributed by atoms with van der Waals surface area (Å²) in [5.74, 6) is -1.92. The van der Waals surface area contributed by atoms with Gasteiger partial charge in [0, 0.05) is 19.7 Å². The molecular formula is C12H13F3N2O4. The number of alkyl halides is 3. The summed E-state index contributed by atoms with van der Waals surface area (Å²) in [5, 5.41) is 19.7. The summed E-state index contributed by atoms with van der Waals surface area (Å²) in [6.45, 7) is 1.33. The highest BCUT2D eigenvalue weighted by Gasteiger charge is 2.33. The third-order valence-corrected chi connectivity index (χ3v) is 2.88. The van der Waals surface area contributed by atoms with Gasteiger partial charge in [-0.15, -0.1) is 0 Å². The first kappa shape index (κ1) is 16.7. The van der Waals surface area contributed by atoms with Gasteiger partial charge in [0.1, 0.15) is 5.69 Å². The van der Waals surface area contributed by atoms with Crippen LogP contribution in [0.4, 0.5) is 24.5 Å². The molecule has 21 heavy (non-hydrogen) atoms. The van der Waals surface area contributed by atoms with Crippen molar-refractivity contribution in [2.24, 2.45) is 5.92 Å². The Bertz CT molecular complexity index is 560. The minimum atomic E-state index is -4.68. The fourth-order valence-corrected chi connectivity index (χ4v) is 1.76. The highest BCUT2D eigenvalue weighted by atomic mass is 19.4. The van der Waals surface area contributed by atoms with E-state index < -0.39 is 34.2 Å². The molecule has 0 aliphatic rings. The fourth-order valence-electron chi connectivity index (χ4n) is 1.76. The summed E-state index contributed by atoms with van der Waals surface area (Å²) < 4.78 is 37.7. The van der Waals surface area contributed by atoms with Crippen LogP contribution in [0.2, 0.25) is 0 Å². The Balaban J connectivity index is 3.18. The lowest BCUT2D eigenvalue weighted by Gasteiger charge is -2.21. The summed E-state index contributed by atoms with van der Waals surface area (Å²) in [7, 11) is 1.38. The molecular weight excluding hydrogens is 293 g/mol. The molecule has 0 bridgehead atoms. The predicted molar refractivity (Wildman–Crippen MR) is 68.2 cm³/mol. The normalized spacial score (nSPS) is 12.8. The van der Waals surface area contributed by atoms with E-state index in [1.807, 2.05) is 0 Å². The number of benzene rings is 1. The number of nitrogens with zero attached hydrogens (tertiary/aromatic N) is 2. The molecule has 1 aromatic rings. The number of aliphatic carboxylic acids is 1. The highest BCUT2D eigenvalue weighted by molar-refractivity contribution is 5.71. The molecule has 1 atom stereocenters. The van der Waals surface area contributed by atoms with Crippen LogP contribution in [0.25, 0.3) is 0 Å². The largest absolute Gasteiger partial charge is 0.481 e. The lowest BCUT2D eigenvalue weighted by atomic mass is 10.1. The van der Waals surface area contributed by atoms with Crippen LogP contribution in [0.5, 0.6) is 0 Å². The predicted octanol–water partition coefficient (Wildman–Crippen LogP) is 2.77. The van der Waals surface area contributed by atoms with E-state index in [0.717, 1.165) is 12.1 Å². The molecule has 0 aliphatic carbocycles. The molecule has 1 unspecified atom stereocenters. The molecule has 0 saturated carbocycles. The maximum absolute atomic E-state index is 12.6. The molecule has 1 rings (SSSR count). The van der Waals surface area contributed by atoms with E-state index in [-0.39, 0.29) is 12.2 Å². The molecule has 0 aromatic heterocycles. The Hall–Kier alpha value is -2.32. The molecule has 0 radical (unpaired) electrons. The number of hydrogen-bond donors (Lipinski definition) is 1. The lowest BCUT2D eigenvalue weighted by molar-refractivity contribution is -0.384. The molecule has 6 nitrogen and oxygen atoms in total. The summed E-state index contributed by atoms with van der Waals surface area (Å²) >= 11 is 0. The fraction of sp³-hybridized carbons (Fsp3) is 0.417. The van der Waals surface area contributed by atoms with E-state index in [2.05, 4.69) is 0 Å². The molecule has 0 fully saturated rings. The maximum atomic E-state index is 12.6. The van der Waals surface area contributed by atoms with Gasteiger partial charge in [-0.3, -0.25) is 14.9 Å². The summed E-state index contributed by atoms with van der Waals surface area (Å²) in [5.41, 5.74) is -1.91. The van der Waals surface area contributed by atoms with Crippen molar-refractivity contribution >= 4 is 17.3 Å². The third-order valence-electron chi connectivity index (χ3n) is 2.88. The molecule has 116 valence electrons.